The summed E-state index contributed by atoms with van der Waals surface area (Å²) in [6.07, 6.45) is 3.25. The third-order valence-corrected chi connectivity index (χ3v) is 3.95. The highest BCUT2D eigenvalue weighted by Crippen LogP contribution is 2.46. The van der Waals surface area contributed by atoms with Crippen LogP contribution in [0.25, 0.3) is 0 Å². The maximum absolute atomic E-state index is 11.9. The van der Waals surface area contributed by atoms with Gasteiger partial charge in [0.15, 0.2) is 0 Å². The first kappa shape index (κ1) is 12.0. The number of hydrogen-bond acceptors (Lipinski definition) is 4. The van der Waals surface area contributed by atoms with Crippen molar-refractivity contribution in [2.75, 3.05) is 0 Å². The summed E-state index contributed by atoms with van der Waals surface area (Å²) in [7, 11) is 0. The average Bonchev–Trinajstić information content (AvgIpc) is 2.96. The van der Waals surface area contributed by atoms with Crippen molar-refractivity contribution in [2.45, 2.75) is 32.2 Å². The molecule has 1 unspecified atom stereocenters. The second kappa shape index (κ2) is 4.44. The highest BCUT2D eigenvalue weighted by molar-refractivity contribution is 7.09. The van der Waals surface area contributed by atoms with E-state index in [9.17, 15) is 9.59 Å². The predicted octanol–water partition coefficient (Wildman–Crippen LogP) is 1.58. The lowest BCUT2D eigenvalue weighted by molar-refractivity contribution is -0.149. The summed E-state index contributed by atoms with van der Waals surface area (Å²) in [5.74, 6) is -1.41. The molecule has 1 amide bonds. The van der Waals surface area contributed by atoms with E-state index in [1.807, 2.05) is 12.3 Å². The molecular formula is C11H14N2O3S. The number of carbonyl (C=O) groups is 2. The van der Waals surface area contributed by atoms with Gasteiger partial charge in [0, 0.05) is 11.6 Å². The summed E-state index contributed by atoms with van der Waals surface area (Å²) in [6.45, 7) is 1.94. The van der Waals surface area contributed by atoms with Crippen molar-refractivity contribution in [1.29, 1.82) is 0 Å². The quantitative estimate of drug-likeness (QED) is 0.782. The Morgan fingerprint density at radius 3 is 2.76 bits per heavy atom. The summed E-state index contributed by atoms with van der Waals surface area (Å²) in [5.41, 5.74) is -1.18. The zero-order valence-electron chi connectivity index (χ0n) is 9.47. The normalized spacial score (nSPS) is 18.4. The zero-order chi connectivity index (χ0) is 12.5. The van der Waals surface area contributed by atoms with E-state index >= 15 is 0 Å². The number of thiazole rings is 1. The highest BCUT2D eigenvalue weighted by atomic mass is 32.1. The van der Waals surface area contributed by atoms with E-state index in [0.717, 1.165) is 5.01 Å². The number of carboxylic acid groups (broad SMARTS) is 1. The van der Waals surface area contributed by atoms with Crippen LogP contribution in [0.5, 0.6) is 0 Å². The van der Waals surface area contributed by atoms with Crippen molar-refractivity contribution in [3.05, 3.63) is 16.6 Å². The number of rotatable bonds is 5. The van der Waals surface area contributed by atoms with Gasteiger partial charge in [0.2, 0.25) is 5.91 Å². The third kappa shape index (κ3) is 2.17. The lowest BCUT2D eigenvalue weighted by Crippen LogP contribution is -2.39. The van der Waals surface area contributed by atoms with Crippen molar-refractivity contribution in [1.82, 2.24) is 10.3 Å². The minimum atomic E-state index is -1.18. The molecule has 1 aromatic rings. The molecule has 17 heavy (non-hydrogen) atoms. The molecule has 5 nitrogen and oxygen atoms in total. The fraction of sp³-hybridized carbons (Fsp3) is 0.545. The van der Waals surface area contributed by atoms with Crippen LogP contribution in [0.4, 0.5) is 0 Å². The van der Waals surface area contributed by atoms with Gasteiger partial charge in [-0.3, -0.25) is 9.59 Å². The van der Waals surface area contributed by atoms with Gasteiger partial charge in [0.25, 0.3) is 0 Å². The van der Waals surface area contributed by atoms with Crippen LogP contribution in [0.3, 0.4) is 0 Å². The Morgan fingerprint density at radius 1 is 1.65 bits per heavy atom. The second-order valence-electron chi connectivity index (χ2n) is 4.19. The molecule has 0 aromatic carbocycles. The van der Waals surface area contributed by atoms with E-state index < -0.39 is 11.4 Å². The number of hydrogen-bond donors (Lipinski definition) is 2. The van der Waals surface area contributed by atoms with Crippen LogP contribution in [-0.2, 0) is 9.59 Å². The molecule has 1 saturated carbocycles. The van der Waals surface area contributed by atoms with Crippen molar-refractivity contribution in [3.63, 3.8) is 0 Å². The van der Waals surface area contributed by atoms with Gasteiger partial charge in [-0.15, -0.1) is 11.3 Å². The number of aliphatic carboxylic acids is 1. The van der Waals surface area contributed by atoms with E-state index in [1.165, 1.54) is 11.3 Å². The molecule has 2 rings (SSSR count). The van der Waals surface area contributed by atoms with Gasteiger partial charge < -0.3 is 10.4 Å². The molecule has 6 heteroatoms. The summed E-state index contributed by atoms with van der Waals surface area (Å²) >= 11 is 1.46. The molecule has 0 saturated heterocycles. The molecule has 2 N–H and O–H groups in total. The van der Waals surface area contributed by atoms with Gasteiger partial charge in [0.1, 0.15) is 10.4 Å². The Labute approximate surface area is 103 Å². The smallest absolute Gasteiger partial charge is 0.319 e. The van der Waals surface area contributed by atoms with E-state index in [-0.39, 0.29) is 11.9 Å². The Hall–Kier alpha value is -1.43. The van der Waals surface area contributed by atoms with Gasteiger partial charge in [-0.2, -0.15) is 0 Å². The van der Waals surface area contributed by atoms with Crippen LogP contribution in [0.2, 0.25) is 0 Å². The Balaban J connectivity index is 2.05. The van der Waals surface area contributed by atoms with Crippen molar-refractivity contribution in [3.8, 4) is 0 Å². The molecule has 0 bridgehead atoms. The van der Waals surface area contributed by atoms with Crippen molar-refractivity contribution >= 4 is 23.2 Å². The number of aromatic nitrogens is 1. The van der Waals surface area contributed by atoms with E-state index in [2.05, 4.69) is 10.3 Å². The molecule has 1 atom stereocenters. The second-order valence-corrected chi connectivity index (χ2v) is 5.12. The van der Waals surface area contributed by atoms with E-state index in [4.69, 9.17) is 5.11 Å². The number of carboxylic acids is 1. The molecule has 1 fully saturated rings. The van der Waals surface area contributed by atoms with Gasteiger partial charge in [0.05, 0.1) is 6.04 Å². The molecular weight excluding hydrogens is 240 g/mol. The Kier molecular flexibility index (Phi) is 3.15. The summed E-state index contributed by atoms with van der Waals surface area (Å²) in [6, 6.07) is -0.181. The van der Waals surface area contributed by atoms with Gasteiger partial charge >= 0.3 is 5.97 Å². The monoisotopic (exact) mass is 254 g/mol. The van der Waals surface area contributed by atoms with Crippen LogP contribution < -0.4 is 5.32 Å². The van der Waals surface area contributed by atoms with Crippen molar-refractivity contribution < 1.29 is 14.7 Å². The van der Waals surface area contributed by atoms with E-state index in [0.29, 0.717) is 19.3 Å². The van der Waals surface area contributed by atoms with Crippen LogP contribution in [-0.4, -0.2) is 22.0 Å². The van der Waals surface area contributed by atoms with Crippen molar-refractivity contribution in [2.24, 2.45) is 5.41 Å². The topological polar surface area (TPSA) is 79.3 Å². The lowest BCUT2D eigenvalue weighted by atomic mass is 10.1. The highest BCUT2D eigenvalue weighted by Gasteiger charge is 2.57. The molecule has 0 spiro atoms. The molecule has 0 radical (unpaired) electrons. The first-order valence-electron chi connectivity index (χ1n) is 5.54. The summed E-state index contributed by atoms with van der Waals surface area (Å²) < 4.78 is 0. The molecule has 1 aliphatic carbocycles. The number of nitrogens with one attached hydrogen (secondary N) is 1. The number of carbonyl (C=O) groups excluding carboxylic acids is 1. The van der Waals surface area contributed by atoms with Crippen LogP contribution >= 0.6 is 11.3 Å². The maximum Gasteiger partial charge on any atom is 0.319 e. The van der Waals surface area contributed by atoms with Crippen LogP contribution in [0, 0.1) is 5.41 Å². The van der Waals surface area contributed by atoms with Gasteiger partial charge in [-0.05, 0) is 19.3 Å². The fourth-order valence-electron chi connectivity index (χ4n) is 1.70. The SMILES string of the molecule is CCC(NC(=O)C1(C(=O)O)CC1)c1nccs1. The van der Waals surface area contributed by atoms with E-state index in [1.54, 1.807) is 6.20 Å². The Morgan fingerprint density at radius 2 is 2.35 bits per heavy atom. The molecule has 92 valence electrons. The molecule has 1 aromatic heterocycles. The summed E-state index contributed by atoms with van der Waals surface area (Å²) in [5, 5.41) is 14.5. The average molecular weight is 254 g/mol. The van der Waals surface area contributed by atoms with Crippen LogP contribution in [0.1, 0.15) is 37.2 Å². The first-order valence-corrected chi connectivity index (χ1v) is 6.42. The third-order valence-electron chi connectivity index (χ3n) is 3.06. The largest absolute Gasteiger partial charge is 0.480 e. The first-order chi connectivity index (χ1) is 8.10. The fourth-order valence-corrected chi connectivity index (χ4v) is 2.48. The molecule has 1 heterocycles. The standard InChI is InChI=1S/C11H14N2O3S/c1-2-7(8-12-5-6-17-8)13-9(14)11(3-4-11)10(15)16/h5-7H,2-4H2,1H3,(H,13,14)(H,15,16). The zero-order valence-corrected chi connectivity index (χ0v) is 10.3. The molecule has 0 aliphatic heterocycles. The number of amides is 1. The predicted molar refractivity (Wildman–Crippen MR) is 62.6 cm³/mol. The minimum absolute atomic E-state index is 0.181. The summed E-state index contributed by atoms with van der Waals surface area (Å²) in [4.78, 5) is 27.1. The number of nitrogens with zero attached hydrogens (tertiary/aromatic N) is 1. The Bertz CT molecular complexity index is 426. The van der Waals surface area contributed by atoms with Crippen LogP contribution in [0.15, 0.2) is 11.6 Å². The van der Waals surface area contributed by atoms with Gasteiger partial charge in [-0.25, -0.2) is 4.98 Å². The lowest BCUT2D eigenvalue weighted by Gasteiger charge is -2.17. The van der Waals surface area contributed by atoms with Gasteiger partial charge in [-0.1, -0.05) is 6.92 Å². The minimum Gasteiger partial charge on any atom is -0.480 e. The maximum atomic E-state index is 11.9. The molecule has 1 aliphatic rings.